The van der Waals surface area contributed by atoms with Gasteiger partial charge in [-0.25, -0.2) is 0 Å². The second-order valence-corrected chi connectivity index (χ2v) is 10.1. The second kappa shape index (κ2) is 9.82. The Labute approximate surface area is 212 Å². The zero-order valence-corrected chi connectivity index (χ0v) is 21.4. The van der Waals surface area contributed by atoms with E-state index in [2.05, 4.69) is 46.1 Å². The van der Waals surface area contributed by atoms with Crippen molar-refractivity contribution >= 4 is 34.6 Å². The Balaban J connectivity index is 1.58. The van der Waals surface area contributed by atoms with Gasteiger partial charge in [0, 0.05) is 41.9 Å². The molecule has 2 aromatic heterocycles. The number of anilines is 2. The maximum atomic E-state index is 11.5. The molecule has 2 N–H and O–H groups in total. The van der Waals surface area contributed by atoms with Gasteiger partial charge in [-0.15, -0.1) is 0 Å². The first-order valence-corrected chi connectivity index (χ1v) is 12.9. The van der Waals surface area contributed by atoms with Crippen LogP contribution in [0.3, 0.4) is 0 Å². The molecular weight excluding hydrogens is 454 g/mol. The maximum absolute atomic E-state index is 11.5. The summed E-state index contributed by atoms with van der Waals surface area (Å²) < 4.78 is 2.56. The third-order valence-electron chi connectivity index (χ3n) is 7.35. The molecule has 5 rings (SSSR count). The van der Waals surface area contributed by atoms with Crippen LogP contribution in [-0.4, -0.2) is 20.6 Å². The molecule has 1 aromatic carbocycles. The van der Waals surface area contributed by atoms with Gasteiger partial charge >= 0.3 is 0 Å². The van der Waals surface area contributed by atoms with Crippen molar-refractivity contribution in [2.24, 2.45) is 0 Å². The van der Waals surface area contributed by atoms with Crippen LogP contribution >= 0.6 is 12.2 Å². The molecule has 1 aliphatic heterocycles. The van der Waals surface area contributed by atoms with E-state index in [9.17, 15) is 4.79 Å². The van der Waals surface area contributed by atoms with E-state index in [0.717, 1.165) is 17.1 Å². The van der Waals surface area contributed by atoms with Gasteiger partial charge in [-0.05, 0) is 86.9 Å². The van der Waals surface area contributed by atoms with Crippen LogP contribution in [-0.2, 0) is 4.79 Å². The lowest BCUT2D eigenvalue weighted by molar-refractivity contribution is -0.114. The summed E-state index contributed by atoms with van der Waals surface area (Å²) in [5.41, 5.74) is 6.63. The topological polar surface area (TPSA) is 62.2 Å². The smallest absolute Gasteiger partial charge is 0.221 e. The number of aryl methyl sites for hydroxylation is 1. The van der Waals surface area contributed by atoms with Crippen LogP contribution < -0.4 is 15.5 Å². The molecule has 2 atom stereocenters. The van der Waals surface area contributed by atoms with Crippen molar-refractivity contribution in [3.63, 3.8) is 0 Å². The second-order valence-electron chi connectivity index (χ2n) is 9.71. The lowest BCUT2D eigenvalue weighted by atomic mass is 9.94. The first-order chi connectivity index (χ1) is 16.9. The van der Waals surface area contributed by atoms with Gasteiger partial charge in [-0.3, -0.25) is 9.78 Å². The van der Waals surface area contributed by atoms with Gasteiger partial charge in [0.1, 0.15) is 0 Å². The number of carbonyl (C=O) groups excluding carboxylic acids is 1. The normalized spacial score (nSPS) is 20.7. The fourth-order valence-electron chi connectivity index (χ4n) is 5.86. The van der Waals surface area contributed by atoms with E-state index in [1.807, 2.05) is 42.6 Å². The molecule has 2 fully saturated rings. The highest BCUT2D eigenvalue weighted by Crippen LogP contribution is 2.44. The van der Waals surface area contributed by atoms with Gasteiger partial charge in [0.2, 0.25) is 5.91 Å². The van der Waals surface area contributed by atoms with Gasteiger partial charge in [0.05, 0.1) is 17.8 Å². The van der Waals surface area contributed by atoms with Crippen molar-refractivity contribution in [2.45, 2.75) is 71.0 Å². The van der Waals surface area contributed by atoms with Crippen molar-refractivity contribution in [2.75, 3.05) is 10.2 Å². The number of pyridine rings is 1. The molecule has 2 aliphatic rings. The van der Waals surface area contributed by atoms with Crippen LogP contribution in [0.4, 0.5) is 11.4 Å². The SMILES string of the molecule is CC(=O)Nc1ccc(N2C(=S)NC(c3ccccn3)C2c2cc(C)n(C3CCCCC3)c2C)cc1. The Bertz CT molecular complexity index is 1210. The lowest BCUT2D eigenvalue weighted by Gasteiger charge is -2.30. The Kier molecular flexibility index (Phi) is 6.60. The zero-order chi connectivity index (χ0) is 24.5. The molecule has 0 bridgehead atoms. The zero-order valence-electron chi connectivity index (χ0n) is 20.6. The number of carbonyl (C=O) groups is 1. The molecule has 3 heterocycles. The summed E-state index contributed by atoms with van der Waals surface area (Å²) in [5, 5.41) is 7.09. The van der Waals surface area contributed by atoms with E-state index < -0.39 is 0 Å². The highest BCUT2D eigenvalue weighted by Gasteiger charge is 2.42. The van der Waals surface area contributed by atoms with Crippen LogP contribution in [0.1, 0.15) is 79.8 Å². The first kappa shape index (κ1) is 23.5. The Hall–Kier alpha value is -3.19. The third-order valence-corrected chi connectivity index (χ3v) is 7.66. The number of rotatable bonds is 5. The fraction of sp³-hybridized carbons (Fsp3) is 0.393. The van der Waals surface area contributed by atoms with Crippen molar-refractivity contribution in [3.05, 3.63) is 77.4 Å². The molecule has 0 spiro atoms. The molecule has 7 heteroatoms. The molecule has 3 aromatic rings. The van der Waals surface area contributed by atoms with Crippen molar-refractivity contribution < 1.29 is 4.79 Å². The van der Waals surface area contributed by atoms with Crippen LogP contribution in [0, 0.1) is 13.8 Å². The first-order valence-electron chi connectivity index (χ1n) is 12.5. The monoisotopic (exact) mass is 487 g/mol. The minimum Gasteiger partial charge on any atom is -0.351 e. The molecular formula is C28H33N5OS. The third kappa shape index (κ3) is 4.57. The van der Waals surface area contributed by atoms with E-state index in [-0.39, 0.29) is 18.0 Å². The van der Waals surface area contributed by atoms with Crippen LogP contribution in [0.2, 0.25) is 0 Å². The summed E-state index contributed by atoms with van der Waals surface area (Å²) in [6, 6.07) is 16.7. The van der Waals surface area contributed by atoms with E-state index in [0.29, 0.717) is 11.2 Å². The number of hydrogen-bond donors (Lipinski definition) is 2. The molecule has 1 saturated heterocycles. The van der Waals surface area contributed by atoms with Gasteiger partial charge in [0.25, 0.3) is 0 Å². The Morgan fingerprint density at radius 1 is 1.09 bits per heavy atom. The van der Waals surface area contributed by atoms with Crippen LogP contribution in [0.15, 0.2) is 54.7 Å². The predicted octanol–water partition coefficient (Wildman–Crippen LogP) is 6.14. The number of thiocarbonyl (C=S) groups is 1. The van der Waals surface area contributed by atoms with Crippen LogP contribution in [0.5, 0.6) is 0 Å². The number of benzene rings is 1. The molecule has 0 radical (unpaired) electrons. The van der Waals surface area contributed by atoms with Crippen molar-refractivity contribution in [1.82, 2.24) is 14.9 Å². The summed E-state index contributed by atoms with van der Waals surface area (Å²) in [4.78, 5) is 18.4. The Morgan fingerprint density at radius 2 is 1.83 bits per heavy atom. The quantitative estimate of drug-likeness (QED) is 0.423. The number of hydrogen-bond acceptors (Lipinski definition) is 3. The summed E-state index contributed by atoms with van der Waals surface area (Å²) in [6.45, 7) is 6.00. The van der Waals surface area contributed by atoms with Gasteiger partial charge in [-0.2, -0.15) is 0 Å². The number of nitrogens with one attached hydrogen (secondary N) is 2. The number of amides is 1. The van der Waals surface area contributed by atoms with Gasteiger partial charge < -0.3 is 20.1 Å². The molecule has 6 nitrogen and oxygen atoms in total. The number of aromatic nitrogens is 2. The van der Waals surface area contributed by atoms with Crippen molar-refractivity contribution in [3.8, 4) is 0 Å². The summed E-state index contributed by atoms with van der Waals surface area (Å²) in [6.07, 6.45) is 8.27. The van der Waals surface area contributed by atoms with E-state index in [1.165, 1.54) is 56.0 Å². The molecule has 35 heavy (non-hydrogen) atoms. The molecule has 1 amide bonds. The van der Waals surface area contributed by atoms with E-state index in [4.69, 9.17) is 17.2 Å². The minimum absolute atomic E-state index is 0.0347. The van der Waals surface area contributed by atoms with E-state index in [1.54, 1.807) is 0 Å². The summed E-state index contributed by atoms with van der Waals surface area (Å²) in [7, 11) is 0. The van der Waals surface area contributed by atoms with Gasteiger partial charge in [0.15, 0.2) is 5.11 Å². The van der Waals surface area contributed by atoms with Gasteiger partial charge in [-0.1, -0.05) is 25.3 Å². The van der Waals surface area contributed by atoms with Crippen LogP contribution in [0.25, 0.3) is 0 Å². The Morgan fingerprint density at radius 3 is 2.49 bits per heavy atom. The molecule has 1 aliphatic carbocycles. The average Bonchev–Trinajstić information content (AvgIpc) is 3.35. The maximum Gasteiger partial charge on any atom is 0.221 e. The summed E-state index contributed by atoms with van der Waals surface area (Å²) in [5.74, 6) is -0.0839. The lowest BCUT2D eigenvalue weighted by Crippen LogP contribution is -2.29. The molecule has 1 saturated carbocycles. The average molecular weight is 488 g/mol. The largest absolute Gasteiger partial charge is 0.351 e. The summed E-state index contributed by atoms with van der Waals surface area (Å²) >= 11 is 5.90. The highest BCUT2D eigenvalue weighted by atomic mass is 32.1. The van der Waals surface area contributed by atoms with Crippen molar-refractivity contribution in [1.29, 1.82) is 0 Å². The fourth-order valence-corrected chi connectivity index (χ4v) is 6.21. The minimum atomic E-state index is -0.0839. The van der Waals surface area contributed by atoms with E-state index >= 15 is 0 Å². The standard InChI is InChI=1S/C28H33N5OS/c1-18-17-24(19(2)32(18)22-9-5-4-6-10-22)27-26(25-11-7-8-16-29-25)31-28(35)33(27)23-14-12-21(13-15-23)30-20(3)34/h7-8,11-17,22,26-27H,4-6,9-10H2,1-3H3,(H,30,34)(H,31,35). The molecule has 2 unspecified atom stereocenters. The predicted molar refractivity (Wildman–Crippen MR) is 145 cm³/mol. The molecule has 182 valence electrons. The number of nitrogens with zero attached hydrogens (tertiary/aromatic N) is 3. The highest BCUT2D eigenvalue weighted by molar-refractivity contribution is 7.80.